The molecule has 2 aromatic heterocycles. The van der Waals surface area contributed by atoms with E-state index in [1.165, 1.54) is 4.68 Å². The summed E-state index contributed by atoms with van der Waals surface area (Å²) in [6.07, 6.45) is -4.46. The van der Waals surface area contributed by atoms with Crippen LogP contribution in [0.5, 0.6) is 0 Å². The van der Waals surface area contributed by atoms with E-state index in [0.717, 1.165) is 12.1 Å². The first-order valence-electron chi connectivity index (χ1n) is 6.29. The van der Waals surface area contributed by atoms with Crippen LogP contribution < -0.4 is 5.32 Å². The average molecular weight is 319 g/mol. The summed E-state index contributed by atoms with van der Waals surface area (Å²) in [4.78, 5) is 4.15. The molecule has 0 unspecified atom stereocenters. The van der Waals surface area contributed by atoms with Gasteiger partial charge in [0.25, 0.3) is 0 Å². The maximum absolute atomic E-state index is 13.0. The fourth-order valence-electron chi connectivity index (χ4n) is 1.91. The standard InChI is InChI=1S/C13H14ClF3N4/c1-4-18-10-5-9(13(15,16)17)6-11(19-10)21-8(3)12(14)7(2)20-21/h5-6H,4H2,1-3H3,(H,18,19). The van der Waals surface area contributed by atoms with Crippen LogP contribution in [0.4, 0.5) is 19.0 Å². The second-order valence-corrected chi connectivity index (χ2v) is 4.90. The minimum atomic E-state index is -4.46. The van der Waals surface area contributed by atoms with Gasteiger partial charge in [-0.25, -0.2) is 9.67 Å². The number of halogens is 4. The molecule has 0 saturated carbocycles. The summed E-state index contributed by atoms with van der Waals surface area (Å²) in [6, 6.07) is 1.93. The molecule has 8 heteroatoms. The van der Waals surface area contributed by atoms with Gasteiger partial charge in [-0.05, 0) is 32.9 Å². The Kier molecular flexibility index (Phi) is 4.13. The van der Waals surface area contributed by atoms with Crippen molar-refractivity contribution in [1.29, 1.82) is 0 Å². The lowest BCUT2D eigenvalue weighted by atomic mass is 10.2. The van der Waals surface area contributed by atoms with Gasteiger partial charge in [0.05, 0.1) is 22.0 Å². The molecule has 2 heterocycles. The van der Waals surface area contributed by atoms with E-state index in [1.807, 2.05) is 0 Å². The van der Waals surface area contributed by atoms with Crippen LogP contribution in [-0.4, -0.2) is 21.3 Å². The van der Waals surface area contributed by atoms with Crippen molar-refractivity contribution in [1.82, 2.24) is 14.8 Å². The van der Waals surface area contributed by atoms with Gasteiger partial charge in [0.1, 0.15) is 5.82 Å². The summed E-state index contributed by atoms with van der Waals surface area (Å²) >= 11 is 6.03. The van der Waals surface area contributed by atoms with Crippen LogP contribution >= 0.6 is 11.6 Å². The Morgan fingerprint density at radius 1 is 1.29 bits per heavy atom. The number of anilines is 1. The van der Waals surface area contributed by atoms with Crippen molar-refractivity contribution < 1.29 is 13.2 Å². The molecule has 0 spiro atoms. The number of alkyl halides is 3. The van der Waals surface area contributed by atoms with Crippen molar-refractivity contribution >= 4 is 17.4 Å². The zero-order chi connectivity index (χ0) is 15.8. The van der Waals surface area contributed by atoms with Crippen LogP contribution in [0.25, 0.3) is 5.82 Å². The third kappa shape index (κ3) is 3.12. The highest BCUT2D eigenvalue weighted by atomic mass is 35.5. The van der Waals surface area contributed by atoms with E-state index in [9.17, 15) is 13.2 Å². The molecule has 0 aliphatic rings. The Balaban J connectivity index is 2.62. The van der Waals surface area contributed by atoms with Crippen molar-refractivity contribution in [3.63, 3.8) is 0 Å². The molecule has 1 N–H and O–H groups in total. The number of rotatable bonds is 3. The van der Waals surface area contributed by atoms with Gasteiger partial charge in [0, 0.05) is 6.54 Å². The summed E-state index contributed by atoms with van der Waals surface area (Å²) in [6.45, 7) is 5.61. The maximum Gasteiger partial charge on any atom is 0.416 e. The van der Waals surface area contributed by atoms with Crippen LogP contribution in [0.3, 0.4) is 0 Å². The number of nitrogens with zero attached hydrogens (tertiary/aromatic N) is 3. The molecule has 0 aromatic carbocycles. The quantitative estimate of drug-likeness (QED) is 0.930. The lowest BCUT2D eigenvalue weighted by Crippen LogP contribution is -2.12. The van der Waals surface area contributed by atoms with Crippen molar-refractivity contribution in [3.8, 4) is 5.82 Å². The number of nitrogens with one attached hydrogen (secondary N) is 1. The number of pyridine rings is 1. The van der Waals surface area contributed by atoms with Gasteiger partial charge in [-0.2, -0.15) is 18.3 Å². The van der Waals surface area contributed by atoms with Crippen molar-refractivity contribution in [2.75, 3.05) is 11.9 Å². The molecule has 0 atom stereocenters. The Morgan fingerprint density at radius 2 is 1.95 bits per heavy atom. The molecule has 2 aromatic rings. The number of hydrogen-bond acceptors (Lipinski definition) is 3. The molecule has 0 aliphatic carbocycles. The van der Waals surface area contributed by atoms with Crippen molar-refractivity contribution in [2.24, 2.45) is 0 Å². The van der Waals surface area contributed by atoms with E-state index in [1.54, 1.807) is 20.8 Å². The minimum Gasteiger partial charge on any atom is -0.370 e. The highest BCUT2D eigenvalue weighted by molar-refractivity contribution is 6.31. The topological polar surface area (TPSA) is 42.7 Å². The summed E-state index contributed by atoms with van der Waals surface area (Å²) in [7, 11) is 0. The second kappa shape index (κ2) is 5.55. The molecule has 114 valence electrons. The number of hydrogen-bond donors (Lipinski definition) is 1. The highest BCUT2D eigenvalue weighted by Gasteiger charge is 2.32. The molecule has 0 amide bonds. The summed E-state index contributed by atoms with van der Waals surface area (Å²) in [5.74, 6) is 0.222. The van der Waals surface area contributed by atoms with Crippen molar-refractivity contribution in [2.45, 2.75) is 26.9 Å². The van der Waals surface area contributed by atoms with E-state index < -0.39 is 11.7 Å². The molecule has 0 saturated heterocycles. The molecule has 21 heavy (non-hydrogen) atoms. The van der Waals surface area contributed by atoms with E-state index in [0.29, 0.717) is 23.0 Å². The van der Waals surface area contributed by atoms with E-state index in [4.69, 9.17) is 11.6 Å². The molecule has 0 radical (unpaired) electrons. The number of aryl methyl sites for hydroxylation is 1. The van der Waals surface area contributed by atoms with E-state index in [2.05, 4.69) is 15.4 Å². The van der Waals surface area contributed by atoms with E-state index >= 15 is 0 Å². The highest BCUT2D eigenvalue weighted by Crippen LogP contribution is 2.32. The Hall–Kier alpha value is -1.76. The van der Waals surface area contributed by atoms with Crippen LogP contribution in [0.2, 0.25) is 5.02 Å². The molecular weight excluding hydrogens is 305 g/mol. The molecule has 2 rings (SSSR count). The second-order valence-electron chi connectivity index (χ2n) is 4.52. The zero-order valence-electron chi connectivity index (χ0n) is 11.7. The molecule has 0 fully saturated rings. The predicted molar refractivity (Wildman–Crippen MR) is 75.0 cm³/mol. The van der Waals surface area contributed by atoms with Gasteiger partial charge in [-0.1, -0.05) is 11.6 Å². The SMILES string of the molecule is CCNc1cc(C(F)(F)F)cc(-n2nc(C)c(Cl)c2C)n1. The first-order valence-corrected chi connectivity index (χ1v) is 6.67. The molecular formula is C13H14ClF3N4. The predicted octanol–water partition coefficient (Wildman–Crippen LogP) is 3.99. The monoisotopic (exact) mass is 318 g/mol. The molecule has 4 nitrogen and oxygen atoms in total. The lowest BCUT2D eigenvalue weighted by Gasteiger charge is -2.12. The van der Waals surface area contributed by atoms with Crippen molar-refractivity contribution in [3.05, 3.63) is 34.1 Å². The fourth-order valence-corrected chi connectivity index (χ4v) is 2.02. The smallest absolute Gasteiger partial charge is 0.370 e. The third-order valence-corrected chi connectivity index (χ3v) is 3.46. The largest absolute Gasteiger partial charge is 0.416 e. The van der Waals surface area contributed by atoms with Gasteiger partial charge in [0.2, 0.25) is 0 Å². The summed E-state index contributed by atoms with van der Waals surface area (Å²) in [5.41, 5.74) is 0.300. The Bertz CT molecular complexity index is 664. The maximum atomic E-state index is 13.0. The van der Waals surface area contributed by atoms with Crippen LogP contribution in [-0.2, 0) is 6.18 Å². The molecule has 0 bridgehead atoms. The van der Waals surface area contributed by atoms with Crippen LogP contribution in [0.1, 0.15) is 23.9 Å². The summed E-state index contributed by atoms with van der Waals surface area (Å²) in [5, 5.41) is 7.33. The van der Waals surface area contributed by atoms with Gasteiger partial charge < -0.3 is 5.32 Å². The lowest BCUT2D eigenvalue weighted by molar-refractivity contribution is -0.137. The minimum absolute atomic E-state index is 0.0771. The van der Waals surface area contributed by atoms with Gasteiger partial charge in [-0.15, -0.1) is 0 Å². The Morgan fingerprint density at radius 3 is 2.43 bits per heavy atom. The third-order valence-electron chi connectivity index (χ3n) is 2.92. The van der Waals surface area contributed by atoms with Gasteiger partial charge in [0.15, 0.2) is 5.82 Å². The first kappa shape index (κ1) is 15.6. The average Bonchev–Trinajstić information content (AvgIpc) is 2.66. The Labute approximate surface area is 124 Å². The summed E-state index contributed by atoms with van der Waals surface area (Å²) < 4.78 is 40.2. The van der Waals surface area contributed by atoms with Crippen LogP contribution in [0.15, 0.2) is 12.1 Å². The van der Waals surface area contributed by atoms with Crippen LogP contribution in [0, 0.1) is 13.8 Å². The fraction of sp³-hybridized carbons (Fsp3) is 0.385. The molecule has 0 aliphatic heterocycles. The first-order chi connectivity index (χ1) is 9.74. The van der Waals surface area contributed by atoms with E-state index in [-0.39, 0.29) is 11.6 Å². The normalized spacial score (nSPS) is 11.8. The number of aromatic nitrogens is 3. The van der Waals surface area contributed by atoms with Gasteiger partial charge >= 0.3 is 6.18 Å². The van der Waals surface area contributed by atoms with Gasteiger partial charge in [-0.3, -0.25) is 0 Å². The zero-order valence-corrected chi connectivity index (χ0v) is 12.5.